The number of nitrogens with zero attached hydrogens (tertiary/aromatic N) is 2. The Morgan fingerprint density at radius 3 is 2.25 bits per heavy atom. The van der Waals surface area contributed by atoms with Gasteiger partial charge in [-0.2, -0.15) is 0 Å². The van der Waals surface area contributed by atoms with E-state index in [4.69, 9.17) is 9.47 Å². The number of halogens is 1. The number of benzene rings is 2. The van der Waals surface area contributed by atoms with E-state index in [1.54, 1.807) is 20.5 Å². The molecule has 1 fully saturated rings. The predicted octanol–water partition coefficient (Wildman–Crippen LogP) is 5.86. The molecule has 1 N–H and O–H groups in total. The normalized spacial score (nSPS) is 14.4. The Hall–Kier alpha value is -2.53. The number of aromatic nitrogens is 2. The minimum atomic E-state index is 0. The highest BCUT2D eigenvalue weighted by Crippen LogP contribution is 2.35. The zero-order valence-corrected chi connectivity index (χ0v) is 17.1. The van der Waals surface area contributed by atoms with Crippen LogP contribution >= 0.6 is 12.4 Å². The van der Waals surface area contributed by atoms with Gasteiger partial charge in [-0.25, -0.2) is 9.97 Å². The lowest BCUT2D eigenvalue weighted by atomic mass is 9.84. The summed E-state index contributed by atoms with van der Waals surface area (Å²) in [6.07, 6.45) is 8.26. The van der Waals surface area contributed by atoms with Crippen LogP contribution in [0.1, 0.15) is 43.6 Å². The molecule has 6 heteroatoms. The second kappa shape index (κ2) is 9.11. The molecular weight excluding hydrogens is 374 g/mol. The minimum absolute atomic E-state index is 0. The number of anilines is 2. The van der Waals surface area contributed by atoms with Gasteiger partial charge in [0.15, 0.2) is 11.5 Å². The SMILES string of the molecule is COc1cc2ncnc(Nc3ccc(C4CCCCC4)cc3)c2cc1OC.Cl. The molecule has 0 unspecified atom stereocenters. The van der Waals surface area contributed by atoms with Crippen LogP contribution in [0.5, 0.6) is 11.5 Å². The van der Waals surface area contributed by atoms with E-state index < -0.39 is 0 Å². The average molecular weight is 400 g/mol. The van der Waals surface area contributed by atoms with Gasteiger partial charge in [0, 0.05) is 17.1 Å². The van der Waals surface area contributed by atoms with Crippen molar-refractivity contribution in [2.75, 3.05) is 19.5 Å². The monoisotopic (exact) mass is 399 g/mol. The Labute approximate surface area is 171 Å². The first-order valence-corrected chi connectivity index (χ1v) is 9.52. The van der Waals surface area contributed by atoms with E-state index >= 15 is 0 Å². The third-order valence-electron chi connectivity index (χ3n) is 5.39. The summed E-state index contributed by atoms with van der Waals surface area (Å²) in [6, 6.07) is 12.5. The van der Waals surface area contributed by atoms with Gasteiger partial charge in [0.1, 0.15) is 12.1 Å². The van der Waals surface area contributed by atoms with E-state index in [0.717, 1.165) is 22.4 Å². The highest BCUT2D eigenvalue weighted by Gasteiger charge is 2.15. The van der Waals surface area contributed by atoms with Crippen molar-refractivity contribution in [2.24, 2.45) is 0 Å². The van der Waals surface area contributed by atoms with Gasteiger partial charge >= 0.3 is 0 Å². The minimum Gasteiger partial charge on any atom is -0.493 e. The van der Waals surface area contributed by atoms with Crippen LogP contribution in [0.2, 0.25) is 0 Å². The standard InChI is InChI=1S/C22H25N3O2.ClH/c1-26-20-12-18-19(13-21(20)27-2)23-14-24-22(18)25-17-10-8-16(9-11-17)15-6-4-3-5-7-15;/h8-15H,3-7H2,1-2H3,(H,23,24,25);1H. The molecule has 0 amide bonds. The molecule has 0 atom stereocenters. The van der Waals surface area contributed by atoms with Crippen molar-refractivity contribution >= 4 is 34.8 Å². The molecule has 0 radical (unpaired) electrons. The molecule has 28 heavy (non-hydrogen) atoms. The third kappa shape index (κ3) is 4.14. The van der Waals surface area contributed by atoms with Crippen molar-refractivity contribution in [1.82, 2.24) is 9.97 Å². The molecule has 1 saturated carbocycles. The molecule has 0 saturated heterocycles. The number of fused-ring (bicyclic) bond motifs is 1. The topological polar surface area (TPSA) is 56.3 Å². The van der Waals surface area contributed by atoms with E-state index in [1.807, 2.05) is 12.1 Å². The van der Waals surface area contributed by atoms with E-state index in [-0.39, 0.29) is 12.4 Å². The van der Waals surface area contributed by atoms with Gasteiger partial charge in [0.05, 0.1) is 19.7 Å². The molecule has 1 aromatic heterocycles. The molecular formula is C22H26ClN3O2. The molecule has 148 valence electrons. The lowest BCUT2D eigenvalue weighted by molar-refractivity contribution is 0.356. The van der Waals surface area contributed by atoms with Gasteiger partial charge in [-0.3, -0.25) is 0 Å². The number of nitrogens with one attached hydrogen (secondary N) is 1. The summed E-state index contributed by atoms with van der Waals surface area (Å²) in [5, 5.41) is 4.31. The van der Waals surface area contributed by atoms with E-state index in [0.29, 0.717) is 17.4 Å². The molecule has 3 aromatic rings. The van der Waals surface area contributed by atoms with Crippen LogP contribution < -0.4 is 14.8 Å². The number of ether oxygens (including phenoxy) is 2. The smallest absolute Gasteiger partial charge is 0.162 e. The van der Waals surface area contributed by atoms with Crippen LogP contribution in [0.25, 0.3) is 10.9 Å². The molecule has 0 bridgehead atoms. The molecule has 1 heterocycles. The Balaban J connectivity index is 0.00000225. The first kappa shape index (κ1) is 20.2. The number of hydrogen-bond donors (Lipinski definition) is 1. The molecule has 1 aliphatic rings. The summed E-state index contributed by atoms with van der Waals surface area (Å²) in [6.45, 7) is 0. The van der Waals surface area contributed by atoms with Gasteiger partial charge in [-0.05, 0) is 42.5 Å². The first-order valence-electron chi connectivity index (χ1n) is 9.52. The van der Waals surface area contributed by atoms with Crippen LogP contribution in [0, 0.1) is 0 Å². The maximum Gasteiger partial charge on any atom is 0.162 e. The van der Waals surface area contributed by atoms with Crippen LogP contribution in [0.4, 0.5) is 11.5 Å². The Bertz CT molecular complexity index is 925. The highest BCUT2D eigenvalue weighted by atomic mass is 35.5. The molecule has 0 aliphatic heterocycles. The van der Waals surface area contributed by atoms with Crippen molar-refractivity contribution in [3.8, 4) is 11.5 Å². The fourth-order valence-electron chi connectivity index (χ4n) is 3.89. The zero-order valence-electron chi connectivity index (χ0n) is 16.3. The van der Waals surface area contributed by atoms with Crippen LogP contribution in [-0.4, -0.2) is 24.2 Å². The Morgan fingerprint density at radius 1 is 0.893 bits per heavy atom. The summed E-state index contributed by atoms with van der Waals surface area (Å²) in [7, 11) is 3.25. The maximum absolute atomic E-state index is 5.42. The summed E-state index contributed by atoms with van der Waals surface area (Å²) in [5.74, 6) is 2.79. The van der Waals surface area contributed by atoms with Crippen LogP contribution in [0.3, 0.4) is 0 Å². The Morgan fingerprint density at radius 2 is 1.57 bits per heavy atom. The zero-order chi connectivity index (χ0) is 18.6. The van der Waals surface area contributed by atoms with Crippen LogP contribution in [0.15, 0.2) is 42.7 Å². The molecule has 1 aliphatic carbocycles. The van der Waals surface area contributed by atoms with Gasteiger partial charge in [-0.1, -0.05) is 31.4 Å². The van der Waals surface area contributed by atoms with Crippen molar-refractivity contribution in [1.29, 1.82) is 0 Å². The molecule has 2 aromatic carbocycles. The maximum atomic E-state index is 5.42. The molecule has 4 rings (SSSR count). The fourth-order valence-corrected chi connectivity index (χ4v) is 3.89. The van der Waals surface area contributed by atoms with E-state index in [9.17, 15) is 0 Å². The summed E-state index contributed by atoms with van der Waals surface area (Å²) in [5.41, 5.74) is 3.27. The number of hydrogen-bond acceptors (Lipinski definition) is 5. The Kier molecular flexibility index (Phi) is 6.57. The molecule has 0 spiro atoms. The second-order valence-corrected chi connectivity index (χ2v) is 7.03. The second-order valence-electron chi connectivity index (χ2n) is 7.03. The highest BCUT2D eigenvalue weighted by molar-refractivity contribution is 5.93. The summed E-state index contributed by atoms with van der Waals surface area (Å²) in [4.78, 5) is 8.78. The summed E-state index contributed by atoms with van der Waals surface area (Å²) < 4.78 is 10.8. The lowest BCUT2D eigenvalue weighted by Crippen LogP contribution is -2.04. The van der Waals surface area contributed by atoms with Crippen molar-refractivity contribution in [2.45, 2.75) is 38.0 Å². The lowest BCUT2D eigenvalue weighted by Gasteiger charge is -2.22. The quantitative estimate of drug-likeness (QED) is 0.582. The van der Waals surface area contributed by atoms with Crippen molar-refractivity contribution < 1.29 is 9.47 Å². The van der Waals surface area contributed by atoms with E-state index in [1.165, 1.54) is 37.7 Å². The van der Waals surface area contributed by atoms with E-state index in [2.05, 4.69) is 39.6 Å². The molecule has 5 nitrogen and oxygen atoms in total. The van der Waals surface area contributed by atoms with Gasteiger partial charge in [-0.15, -0.1) is 12.4 Å². The largest absolute Gasteiger partial charge is 0.493 e. The average Bonchev–Trinajstić information content (AvgIpc) is 2.74. The van der Waals surface area contributed by atoms with Gasteiger partial charge in [0.2, 0.25) is 0 Å². The fraction of sp³-hybridized carbons (Fsp3) is 0.364. The third-order valence-corrected chi connectivity index (χ3v) is 5.39. The first-order chi connectivity index (χ1) is 13.3. The predicted molar refractivity (Wildman–Crippen MR) is 115 cm³/mol. The van der Waals surface area contributed by atoms with Crippen molar-refractivity contribution in [3.63, 3.8) is 0 Å². The number of rotatable bonds is 5. The number of methoxy groups -OCH3 is 2. The van der Waals surface area contributed by atoms with Gasteiger partial charge < -0.3 is 14.8 Å². The van der Waals surface area contributed by atoms with Gasteiger partial charge in [0.25, 0.3) is 0 Å². The van der Waals surface area contributed by atoms with Crippen molar-refractivity contribution in [3.05, 3.63) is 48.3 Å². The summed E-state index contributed by atoms with van der Waals surface area (Å²) >= 11 is 0. The van der Waals surface area contributed by atoms with Crippen LogP contribution in [-0.2, 0) is 0 Å².